The highest BCUT2D eigenvalue weighted by Gasteiger charge is 2.69. The molecule has 0 aliphatic carbocycles. The van der Waals surface area contributed by atoms with Crippen molar-refractivity contribution in [2.45, 2.75) is 51.3 Å². The van der Waals surface area contributed by atoms with Gasteiger partial charge in [0.2, 0.25) is 5.60 Å². The summed E-state index contributed by atoms with van der Waals surface area (Å²) < 4.78 is 62.5. The number of unbranched alkanes of at least 4 members (excludes halogenated alkanes) is 2. The Bertz CT molecular complexity index is 1800. The van der Waals surface area contributed by atoms with Crippen LogP contribution in [0.3, 0.4) is 0 Å². The molecule has 3 unspecified atom stereocenters. The van der Waals surface area contributed by atoms with E-state index >= 15 is 13.2 Å². The van der Waals surface area contributed by atoms with Gasteiger partial charge in [-0.25, -0.2) is 0 Å². The Balaban J connectivity index is 1.70. The summed E-state index contributed by atoms with van der Waals surface area (Å²) in [5.74, 6) is -2.42. The third-order valence-corrected chi connectivity index (χ3v) is 9.62. The molecule has 50 heavy (non-hydrogen) atoms. The summed E-state index contributed by atoms with van der Waals surface area (Å²) >= 11 is 1.33. The Labute approximate surface area is 295 Å². The van der Waals surface area contributed by atoms with Crippen LogP contribution in [0.2, 0.25) is 0 Å². The monoisotopic (exact) mass is 700 g/mol. The number of methoxy groups -OCH3 is 2. The summed E-state index contributed by atoms with van der Waals surface area (Å²) in [5.41, 5.74) is -2.14. The Morgan fingerprint density at radius 1 is 0.900 bits per heavy atom. The maximum atomic E-state index is 15.1. The highest BCUT2D eigenvalue weighted by Crippen LogP contribution is 2.58. The molecule has 0 bridgehead atoms. The molecule has 0 amide bonds. The Hall–Kier alpha value is -5.18. The number of anilines is 1. The highest BCUT2D eigenvalue weighted by molar-refractivity contribution is 7.13. The first-order valence-corrected chi connectivity index (χ1v) is 17.2. The quantitative estimate of drug-likeness (QED) is 0.154. The molecule has 1 fully saturated rings. The van der Waals surface area contributed by atoms with Crippen molar-refractivity contribution in [2.24, 2.45) is 11.8 Å². The lowest BCUT2D eigenvalue weighted by atomic mass is 9.75. The van der Waals surface area contributed by atoms with Crippen molar-refractivity contribution in [3.05, 3.63) is 92.9 Å². The number of thiophene rings is 1. The molecule has 7 nitrogen and oxygen atoms in total. The van der Waals surface area contributed by atoms with Gasteiger partial charge in [-0.05, 0) is 43.2 Å². The van der Waals surface area contributed by atoms with E-state index in [1.54, 1.807) is 38.5 Å². The van der Waals surface area contributed by atoms with Gasteiger partial charge in [0.15, 0.2) is 5.57 Å². The number of rotatable bonds is 14. The van der Waals surface area contributed by atoms with Crippen LogP contribution in [0.25, 0.3) is 18.2 Å². The second-order valence-electron chi connectivity index (χ2n) is 11.7. The van der Waals surface area contributed by atoms with Gasteiger partial charge in [-0.3, -0.25) is 0 Å². The van der Waals surface area contributed by atoms with Gasteiger partial charge in [0.25, 0.3) is 0 Å². The molecule has 0 radical (unpaired) electrons. The van der Waals surface area contributed by atoms with Crippen molar-refractivity contribution in [2.75, 3.05) is 32.2 Å². The van der Waals surface area contributed by atoms with Crippen molar-refractivity contribution in [3.63, 3.8) is 0 Å². The second-order valence-corrected chi connectivity index (χ2v) is 12.8. The molecule has 0 saturated carbocycles. The first-order valence-electron chi connectivity index (χ1n) is 16.3. The third kappa shape index (κ3) is 7.83. The summed E-state index contributed by atoms with van der Waals surface area (Å²) in [6, 6.07) is 19.7. The van der Waals surface area contributed by atoms with Crippen molar-refractivity contribution >= 4 is 35.3 Å². The van der Waals surface area contributed by atoms with Crippen LogP contribution >= 0.6 is 11.3 Å². The van der Waals surface area contributed by atoms with Crippen LogP contribution in [0.1, 0.15) is 60.4 Å². The van der Waals surface area contributed by atoms with Gasteiger partial charge >= 0.3 is 6.18 Å². The highest BCUT2D eigenvalue weighted by atomic mass is 32.1. The van der Waals surface area contributed by atoms with Crippen LogP contribution in [-0.4, -0.2) is 33.5 Å². The number of halogens is 3. The van der Waals surface area contributed by atoms with Gasteiger partial charge in [-0.1, -0.05) is 63.1 Å². The van der Waals surface area contributed by atoms with E-state index in [2.05, 4.69) is 18.7 Å². The van der Waals surface area contributed by atoms with Gasteiger partial charge < -0.3 is 19.1 Å². The van der Waals surface area contributed by atoms with E-state index in [1.807, 2.05) is 36.4 Å². The normalized spacial score (nSPS) is 18.8. The zero-order valence-electron chi connectivity index (χ0n) is 28.5. The Morgan fingerprint density at radius 2 is 1.48 bits per heavy atom. The SMILES string of the molecule is CCCCN(CCCC)c1cc(OC)c(/C=C/c2ccc(/C=C/C3C(C#N)C(=C(C#N)C#N)OC3(c3ccccc3)C(F)(F)F)s2)c(OC)c1. The molecule has 0 N–H and O–H groups in total. The molecule has 2 aromatic carbocycles. The summed E-state index contributed by atoms with van der Waals surface area (Å²) in [6.07, 6.45) is 5.87. The molecule has 4 rings (SSSR count). The van der Waals surface area contributed by atoms with Gasteiger partial charge in [0.05, 0.1) is 31.8 Å². The second kappa shape index (κ2) is 17.0. The molecule has 2 heterocycles. The Morgan fingerprint density at radius 3 is 1.98 bits per heavy atom. The van der Waals surface area contributed by atoms with Crippen molar-refractivity contribution in [3.8, 4) is 29.7 Å². The maximum Gasteiger partial charge on any atom is 0.433 e. The fraction of sp³-hybridized carbons (Fsp3) is 0.359. The van der Waals surface area contributed by atoms with E-state index < -0.39 is 34.9 Å². The van der Waals surface area contributed by atoms with Crippen molar-refractivity contribution in [1.82, 2.24) is 0 Å². The summed E-state index contributed by atoms with van der Waals surface area (Å²) in [4.78, 5) is 3.79. The summed E-state index contributed by atoms with van der Waals surface area (Å²) in [6.45, 7) is 6.19. The molecular weight excluding hydrogens is 662 g/mol. The maximum absolute atomic E-state index is 15.1. The molecule has 3 aromatic rings. The number of benzene rings is 2. The lowest BCUT2D eigenvalue weighted by molar-refractivity contribution is -0.271. The number of allylic oxidation sites excluding steroid dienone is 2. The smallest absolute Gasteiger partial charge is 0.433 e. The minimum absolute atomic E-state index is 0.241. The van der Waals surface area contributed by atoms with Crippen LogP contribution in [0, 0.1) is 45.8 Å². The molecule has 11 heteroatoms. The predicted molar refractivity (Wildman–Crippen MR) is 190 cm³/mol. The number of hydrogen-bond acceptors (Lipinski definition) is 8. The van der Waals surface area contributed by atoms with E-state index in [0.29, 0.717) is 16.4 Å². The molecule has 260 valence electrons. The molecule has 1 aliphatic heterocycles. The van der Waals surface area contributed by atoms with Crippen LogP contribution in [0.4, 0.5) is 18.9 Å². The third-order valence-electron chi connectivity index (χ3n) is 8.60. The van der Waals surface area contributed by atoms with Gasteiger partial charge in [-0.15, -0.1) is 11.3 Å². The van der Waals surface area contributed by atoms with Crippen LogP contribution < -0.4 is 14.4 Å². The average Bonchev–Trinajstić information content (AvgIpc) is 3.73. The molecular formula is C39H39F3N4O3S. The van der Waals surface area contributed by atoms with Gasteiger partial charge in [-0.2, -0.15) is 29.0 Å². The van der Waals surface area contributed by atoms with E-state index in [1.165, 1.54) is 47.8 Å². The van der Waals surface area contributed by atoms with E-state index in [-0.39, 0.29) is 5.56 Å². The van der Waals surface area contributed by atoms with E-state index in [0.717, 1.165) is 54.9 Å². The lowest BCUT2D eigenvalue weighted by Crippen LogP contribution is -2.47. The van der Waals surface area contributed by atoms with Crippen LogP contribution in [-0.2, 0) is 10.3 Å². The number of alkyl halides is 3. The van der Waals surface area contributed by atoms with Crippen molar-refractivity contribution < 1.29 is 27.4 Å². The number of hydrogen-bond donors (Lipinski definition) is 0. The fourth-order valence-corrected chi connectivity index (χ4v) is 6.86. The van der Waals surface area contributed by atoms with Crippen molar-refractivity contribution in [1.29, 1.82) is 15.8 Å². The standard InChI is InChI=1S/C39H39F3N4O3S/c1-5-7-20-46(21-8-6-2)29-22-35(47-3)32(36(23-29)48-4)18-16-30-14-15-31(50-30)17-19-34-33(26-45)37(27(24-43)25-44)49-38(34,39(40,41)42)28-12-10-9-11-13-28/h9-19,22-23,33-34H,5-8,20-21H2,1-4H3/b18-16+,19-17+. The van der Waals surface area contributed by atoms with Crippen LogP contribution in [0.5, 0.6) is 11.5 Å². The largest absolute Gasteiger partial charge is 0.496 e. The van der Waals surface area contributed by atoms with Crippen LogP contribution in [0.15, 0.2) is 72.0 Å². The summed E-state index contributed by atoms with van der Waals surface area (Å²) in [7, 11) is 3.22. The minimum atomic E-state index is -5.00. The number of ether oxygens (including phenoxy) is 3. The first-order chi connectivity index (χ1) is 24.1. The summed E-state index contributed by atoms with van der Waals surface area (Å²) in [5, 5.41) is 29.1. The zero-order chi connectivity index (χ0) is 36.3. The minimum Gasteiger partial charge on any atom is -0.496 e. The first kappa shape index (κ1) is 37.6. The molecule has 3 atom stereocenters. The molecule has 1 aromatic heterocycles. The Kier molecular flexibility index (Phi) is 12.8. The molecule has 1 aliphatic rings. The van der Waals surface area contributed by atoms with E-state index in [4.69, 9.17) is 14.2 Å². The fourth-order valence-electron chi connectivity index (χ4n) is 6.03. The van der Waals surface area contributed by atoms with Gasteiger partial charge in [0, 0.05) is 46.2 Å². The predicted octanol–water partition coefficient (Wildman–Crippen LogP) is 9.90. The van der Waals surface area contributed by atoms with E-state index in [9.17, 15) is 15.8 Å². The topological polar surface area (TPSA) is 102 Å². The number of nitrogens with zero attached hydrogens (tertiary/aromatic N) is 4. The molecule has 1 saturated heterocycles. The van der Waals surface area contributed by atoms with Gasteiger partial charge in [0.1, 0.15) is 35.3 Å². The number of nitriles is 3. The zero-order valence-corrected chi connectivity index (χ0v) is 29.3. The molecule has 0 spiro atoms. The lowest BCUT2D eigenvalue weighted by Gasteiger charge is -2.35. The average molecular weight is 701 g/mol.